The lowest BCUT2D eigenvalue weighted by molar-refractivity contribution is -0.132. The highest BCUT2D eigenvalue weighted by Crippen LogP contribution is 2.39. The van der Waals surface area contributed by atoms with Crippen molar-refractivity contribution in [3.8, 4) is 10.4 Å². The quantitative estimate of drug-likeness (QED) is 0.572. The van der Waals surface area contributed by atoms with Crippen molar-refractivity contribution >= 4 is 17.2 Å². The number of hydrogen-bond donors (Lipinski definition) is 0. The number of carbonyl (C=O) groups excluding carboxylic acids is 1. The van der Waals surface area contributed by atoms with Gasteiger partial charge < -0.3 is 4.90 Å². The lowest BCUT2D eigenvalue weighted by atomic mass is 10.0. The summed E-state index contributed by atoms with van der Waals surface area (Å²) in [6.45, 7) is 2.31. The molecule has 2 aromatic carbocycles. The van der Waals surface area contributed by atoms with Crippen LogP contribution in [-0.2, 0) is 17.6 Å². The maximum absolute atomic E-state index is 13.3. The van der Waals surface area contributed by atoms with Crippen LogP contribution in [0.25, 0.3) is 10.4 Å². The van der Waals surface area contributed by atoms with Crippen LogP contribution in [0.4, 0.5) is 0 Å². The molecule has 3 nitrogen and oxygen atoms in total. The molecule has 1 saturated heterocycles. The topological polar surface area (TPSA) is 23.6 Å². The Kier molecular flexibility index (Phi) is 5.45. The van der Waals surface area contributed by atoms with E-state index >= 15 is 0 Å². The van der Waals surface area contributed by atoms with E-state index in [0.29, 0.717) is 12.5 Å². The summed E-state index contributed by atoms with van der Waals surface area (Å²) in [6, 6.07) is 23.9. The van der Waals surface area contributed by atoms with E-state index in [1.54, 1.807) is 11.3 Å². The van der Waals surface area contributed by atoms with Gasteiger partial charge >= 0.3 is 0 Å². The van der Waals surface area contributed by atoms with Crippen LogP contribution in [0, 0.1) is 0 Å². The van der Waals surface area contributed by atoms with Crippen molar-refractivity contribution in [1.82, 2.24) is 9.80 Å². The van der Waals surface area contributed by atoms with Gasteiger partial charge in [-0.3, -0.25) is 9.69 Å². The minimum Gasteiger partial charge on any atom is -0.337 e. The molecule has 2 heterocycles. The smallest absolute Gasteiger partial charge is 0.228 e. The van der Waals surface area contributed by atoms with E-state index in [0.717, 1.165) is 24.4 Å². The zero-order chi connectivity index (χ0) is 20.5. The normalized spacial score (nSPS) is 21.0. The Morgan fingerprint density at radius 2 is 1.73 bits per heavy atom. The molecule has 1 aliphatic carbocycles. The van der Waals surface area contributed by atoms with Gasteiger partial charge in [0.25, 0.3) is 0 Å². The lowest BCUT2D eigenvalue weighted by Crippen LogP contribution is -2.44. The second-order valence-electron chi connectivity index (χ2n) is 8.47. The molecule has 0 bridgehead atoms. The van der Waals surface area contributed by atoms with Gasteiger partial charge in [0, 0.05) is 22.8 Å². The highest BCUT2D eigenvalue weighted by atomic mass is 32.1. The maximum atomic E-state index is 13.3. The molecule has 30 heavy (non-hydrogen) atoms. The summed E-state index contributed by atoms with van der Waals surface area (Å²) in [5.41, 5.74) is 3.95. The number of likely N-dealkylation sites (N-methyl/N-ethyl adjacent to an activating group) is 1. The average Bonchev–Trinajstić information content (AvgIpc) is 3.53. The van der Waals surface area contributed by atoms with Gasteiger partial charge in [-0.15, -0.1) is 11.3 Å². The Bertz CT molecular complexity index is 1020. The molecule has 3 aromatic rings. The first kappa shape index (κ1) is 19.5. The van der Waals surface area contributed by atoms with Gasteiger partial charge in [0.15, 0.2) is 0 Å². The number of amides is 1. The summed E-state index contributed by atoms with van der Waals surface area (Å²) in [6.07, 6.45) is 4.07. The molecule has 1 aromatic heterocycles. The minimum atomic E-state index is 0.153. The third kappa shape index (κ3) is 3.70. The van der Waals surface area contributed by atoms with Crippen molar-refractivity contribution in [2.45, 2.75) is 37.8 Å². The van der Waals surface area contributed by atoms with Crippen LogP contribution in [0.15, 0.2) is 66.7 Å². The van der Waals surface area contributed by atoms with Crippen LogP contribution in [0.5, 0.6) is 0 Å². The number of benzene rings is 2. The van der Waals surface area contributed by atoms with Crippen LogP contribution in [0.1, 0.15) is 34.9 Å². The van der Waals surface area contributed by atoms with Gasteiger partial charge in [-0.1, -0.05) is 54.6 Å². The Morgan fingerprint density at radius 1 is 1.00 bits per heavy atom. The molecule has 1 amide bonds. The number of hydrogen-bond acceptors (Lipinski definition) is 3. The third-order valence-electron chi connectivity index (χ3n) is 6.63. The molecular formula is C26H28N2OS. The molecule has 0 spiro atoms. The number of carbonyl (C=O) groups is 1. The predicted octanol–water partition coefficient (Wildman–Crippen LogP) is 5.18. The fourth-order valence-corrected chi connectivity index (χ4v) is 6.09. The molecule has 0 saturated carbocycles. The van der Waals surface area contributed by atoms with E-state index in [-0.39, 0.29) is 11.9 Å². The Balaban J connectivity index is 1.35. The van der Waals surface area contributed by atoms with E-state index in [1.165, 1.54) is 34.4 Å². The summed E-state index contributed by atoms with van der Waals surface area (Å²) in [4.78, 5) is 20.3. The highest BCUT2D eigenvalue weighted by Gasteiger charge is 2.40. The largest absolute Gasteiger partial charge is 0.337 e. The Morgan fingerprint density at radius 3 is 2.53 bits per heavy atom. The standard InChI is InChI=1S/C26H28N2OS/c1-27(25(29)18-21-13-14-24(30-21)19-9-3-2-4-10-19)26-22-12-6-5-11-20(22)17-23(26)28-15-7-8-16-28/h2-6,9-14,23,26H,7-8,15-18H2,1H3. The second-order valence-corrected chi connectivity index (χ2v) is 9.64. The molecule has 0 N–H and O–H groups in total. The van der Waals surface area contributed by atoms with Crippen LogP contribution in [0.3, 0.4) is 0 Å². The number of likely N-dealkylation sites (tertiary alicyclic amines) is 1. The van der Waals surface area contributed by atoms with Gasteiger partial charge in [0.1, 0.15) is 0 Å². The number of rotatable bonds is 5. The number of nitrogens with zero attached hydrogens (tertiary/aromatic N) is 2. The Hall–Kier alpha value is -2.43. The SMILES string of the molecule is CN(C(=O)Cc1ccc(-c2ccccc2)s1)C1c2ccccc2CC1N1CCCC1. The number of thiophene rings is 1. The second kappa shape index (κ2) is 8.37. The number of fused-ring (bicyclic) bond motifs is 1. The molecular weight excluding hydrogens is 388 g/mol. The van der Waals surface area contributed by atoms with Gasteiger partial charge in [-0.05, 0) is 61.2 Å². The first-order chi connectivity index (χ1) is 14.7. The summed E-state index contributed by atoms with van der Waals surface area (Å²) < 4.78 is 0. The fraction of sp³-hybridized carbons (Fsp3) is 0.346. The van der Waals surface area contributed by atoms with Crippen LogP contribution in [0.2, 0.25) is 0 Å². The molecule has 2 aliphatic rings. The average molecular weight is 417 g/mol. The minimum absolute atomic E-state index is 0.153. The monoisotopic (exact) mass is 416 g/mol. The van der Waals surface area contributed by atoms with Gasteiger partial charge in [0.2, 0.25) is 5.91 Å². The van der Waals surface area contributed by atoms with Crippen molar-refractivity contribution in [2.75, 3.05) is 20.1 Å². The highest BCUT2D eigenvalue weighted by molar-refractivity contribution is 7.15. The van der Waals surface area contributed by atoms with Gasteiger partial charge in [0.05, 0.1) is 12.5 Å². The molecule has 0 radical (unpaired) electrons. The molecule has 2 unspecified atom stereocenters. The van der Waals surface area contributed by atoms with Gasteiger partial charge in [-0.2, -0.15) is 0 Å². The summed E-state index contributed by atoms with van der Waals surface area (Å²) in [5, 5.41) is 0. The molecule has 154 valence electrons. The van der Waals surface area contributed by atoms with Crippen molar-refractivity contribution in [3.63, 3.8) is 0 Å². The van der Waals surface area contributed by atoms with E-state index in [2.05, 4.69) is 65.6 Å². The summed E-state index contributed by atoms with van der Waals surface area (Å²) >= 11 is 1.73. The molecule has 1 aliphatic heterocycles. The van der Waals surface area contributed by atoms with Crippen molar-refractivity contribution < 1.29 is 4.79 Å². The maximum Gasteiger partial charge on any atom is 0.228 e. The third-order valence-corrected chi connectivity index (χ3v) is 7.77. The Labute approximate surface area is 183 Å². The first-order valence-corrected chi connectivity index (χ1v) is 11.7. The van der Waals surface area contributed by atoms with E-state index in [4.69, 9.17) is 0 Å². The predicted molar refractivity (Wildman–Crippen MR) is 124 cm³/mol. The molecule has 1 fully saturated rings. The summed E-state index contributed by atoms with van der Waals surface area (Å²) in [5.74, 6) is 0.211. The molecule has 2 atom stereocenters. The zero-order valence-corrected chi connectivity index (χ0v) is 18.3. The van der Waals surface area contributed by atoms with E-state index < -0.39 is 0 Å². The van der Waals surface area contributed by atoms with Crippen LogP contribution >= 0.6 is 11.3 Å². The van der Waals surface area contributed by atoms with Crippen molar-refractivity contribution in [3.05, 3.63) is 82.7 Å². The van der Waals surface area contributed by atoms with Crippen molar-refractivity contribution in [1.29, 1.82) is 0 Å². The lowest BCUT2D eigenvalue weighted by Gasteiger charge is -2.35. The van der Waals surface area contributed by atoms with Gasteiger partial charge in [-0.25, -0.2) is 0 Å². The van der Waals surface area contributed by atoms with Crippen molar-refractivity contribution in [2.24, 2.45) is 0 Å². The molecule has 4 heteroatoms. The fourth-order valence-electron chi connectivity index (χ4n) is 5.08. The molecule has 5 rings (SSSR count). The first-order valence-electron chi connectivity index (χ1n) is 10.9. The summed E-state index contributed by atoms with van der Waals surface area (Å²) in [7, 11) is 2.00. The van der Waals surface area contributed by atoms with Crippen LogP contribution in [-0.4, -0.2) is 41.9 Å². The zero-order valence-electron chi connectivity index (χ0n) is 17.5. The van der Waals surface area contributed by atoms with E-state index in [1.807, 2.05) is 18.0 Å². The van der Waals surface area contributed by atoms with E-state index in [9.17, 15) is 4.79 Å². The van der Waals surface area contributed by atoms with Crippen LogP contribution < -0.4 is 0 Å².